The number of carbonyl (C=O) groups excluding carboxylic acids is 2. The Hall–Kier alpha value is -2.04. The third kappa shape index (κ3) is 7.17. The maximum Gasteiger partial charge on any atom is 0.222 e. The van der Waals surface area contributed by atoms with Crippen LogP contribution in [0.25, 0.3) is 0 Å². The van der Waals surface area contributed by atoms with Crippen LogP contribution in [0.3, 0.4) is 0 Å². The largest absolute Gasteiger partial charge is 0.494 e. The average Bonchev–Trinajstić information content (AvgIpc) is 2.66. The summed E-state index contributed by atoms with van der Waals surface area (Å²) < 4.78 is 5.75. The van der Waals surface area contributed by atoms with Gasteiger partial charge in [-0.25, -0.2) is 0 Å². The number of hydrogen-bond donors (Lipinski definition) is 1. The molecule has 0 aromatic heterocycles. The molecule has 0 atom stereocenters. The molecule has 1 aliphatic heterocycles. The molecule has 2 amide bonds. The molecule has 0 unspecified atom stereocenters. The fraction of sp³-hybridized carbons (Fsp3) is 0.652. The number of carbonyl (C=O) groups is 2. The summed E-state index contributed by atoms with van der Waals surface area (Å²) in [5.74, 6) is 1.16. The van der Waals surface area contributed by atoms with Crippen molar-refractivity contribution in [2.45, 2.75) is 77.7 Å². The Morgan fingerprint density at radius 2 is 1.75 bits per heavy atom. The van der Waals surface area contributed by atoms with E-state index < -0.39 is 0 Å². The zero-order valence-corrected chi connectivity index (χ0v) is 17.9. The minimum absolute atomic E-state index is 0.0741. The Bertz CT molecular complexity index is 626. The van der Waals surface area contributed by atoms with Gasteiger partial charge in [0.05, 0.1) is 6.61 Å². The van der Waals surface area contributed by atoms with E-state index in [1.54, 1.807) is 0 Å². The van der Waals surface area contributed by atoms with Crippen molar-refractivity contribution in [1.29, 1.82) is 0 Å². The Balaban J connectivity index is 1.61. The van der Waals surface area contributed by atoms with E-state index in [1.807, 2.05) is 24.0 Å². The Morgan fingerprint density at radius 3 is 2.32 bits per heavy atom. The highest BCUT2D eigenvalue weighted by atomic mass is 16.5. The molecule has 1 N–H and O–H groups in total. The van der Waals surface area contributed by atoms with E-state index in [0.717, 1.165) is 38.1 Å². The quantitative estimate of drug-likeness (QED) is 0.684. The number of hydrogen-bond acceptors (Lipinski definition) is 3. The molecule has 156 valence electrons. The molecule has 5 nitrogen and oxygen atoms in total. The first-order chi connectivity index (χ1) is 13.3. The summed E-state index contributed by atoms with van der Waals surface area (Å²) in [5.41, 5.74) is 1.41. The molecule has 1 aliphatic rings. The summed E-state index contributed by atoms with van der Waals surface area (Å²) in [5, 5.41) is 3.10. The van der Waals surface area contributed by atoms with E-state index in [2.05, 4.69) is 38.2 Å². The van der Waals surface area contributed by atoms with Gasteiger partial charge in [0.15, 0.2) is 0 Å². The lowest BCUT2D eigenvalue weighted by Crippen LogP contribution is -2.46. The van der Waals surface area contributed by atoms with Gasteiger partial charge in [0.1, 0.15) is 5.75 Å². The molecule has 0 spiro atoms. The first kappa shape index (κ1) is 22.3. The van der Waals surface area contributed by atoms with Crippen molar-refractivity contribution >= 4 is 11.8 Å². The van der Waals surface area contributed by atoms with Gasteiger partial charge >= 0.3 is 0 Å². The predicted octanol–water partition coefficient (Wildman–Crippen LogP) is 4.05. The van der Waals surface area contributed by atoms with Crippen molar-refractivity contribution in [3.05, 3.63) is 29.8 Å². The molecule has 2 rings (SSSR count). The molecule has 0 radical (unpaired) electrons. The molecule has 5 heteroatoms. The lowest BCUT2D eigenvalue weighted by atomic mass is 9.87. The molecule has 1 saturated heterocycles. The zero-order valence-electron chi connectivity index (χ0n) is 17.9. The van der Waals surface area contributed by atoms with Crippen LogP contribution in [-0.4, -0.2) is 42.5 Å². The van der Waals surface area contributed by atoms with Gasteiger partial charge in [-0.2, -0.15) is 0 Å². The van der Waals surface area contributed by atoms with Crippen LogP contribution in [0.5, 0.6) is 5.75 Å². The minimum atomic E-state index is 0.0741. The zero-order chi connectivity index (χ0) is 20.6. The number of piperidine rings is 1. The number of ether oxygens (including phenoxy) is 1. The monoisotopic (exact) mass is 388 g/mol. The van der Waals surface area contributed by atoms with Crippen molar-refractivity contribution in [2.75, 3.05) is 19.7 Å². The lowest BCUT2D eigenvalue weighted by Gasteiger charge is -2.32. The van der Waals surface area contributed by atoms with Gasteiger partial charge in [0.2, 0.25) is 11.8 Å². The van der Waals surface area contributed by atoms with Crippen molar-refractivity contribution in [3.63, 3.8) is 0 Å². The van der Waals surface area contributed by atoms with Crippen LogP contribution in [0.1, 0.15) is 71.8 Å². The fourth-order valence-electron chi connectivity index (χ4n) is 3.42. The lowest BCUT2D eigenvalue weighted by molar-refractivity contribution is -0.132. The molecule has 0 aliphatic carbocycles. The highest BCUT2D eigenvalue weighted by Gasteiger charge is 2.23. The van der Waals surface area contributed by atoms with Crippen molar-refractivity contribution in [1.82, 2.24) is 10.2 Å². The van der Waals surface area contributed by atoms with Crippen LogP contribution in [0.15, 0.2) is 24.3 Å². The second-order valence-corrected chi connectivity index (χ2v) is 8.70. The predicted molar refractivity (Wildman–Crippen MR) is 113 cm³/mol. The van der Waals surface area contributed by atoms with E-state index >= 15 is 0 Å². The van der Waals surface area contributed by atoms with Gasteiger partial charge in [0.25, 0.3) is 0 Å². The van der Waals surface area contributed by atoms with Crippen molar-refractivity contribution in [3.8, 4) is 5.75 Å². The minimum Gasteiger partial charge on any atom is -0.494 e. The Labute approximate surface area is 169 Å². The van der Waals surface area contributed by atoms with E-state index in [0.29, 0.717) is 25.9 Å². The highest BCUT2D eigenvalue weighted by molar-refractivity contribution is 5.77. The number of nitrogens with zero attached hydrogens (tertiary/aromatic N) is 1. The first-order valence-corrected chi connectivity index (χ1v) is 10.6. The van der Waals surface area contributed by atoms with E-state index in [1.165, 1.54) is 5.56 Å². The molecule has 0 bridgehead atoms. The summed E-state index contributed by atoms with van der Waals surface area (Å²) in [4.78, 5) is 26.0. The second kappa shape index (κ2) is 10.5. The van der Waals surface area contributed by atoms with Crippen LogP contribution in [-0.2, 0) is 15.0 Å². The molecule has 1 aromatic rings. The number of nitrogens with one attached hydrogen (secondary N) is 1. The van der Waals surface area contributed by atoms with Gasteiger partial charge in [0, 0.05) is 32.0 Å². The van der Waals surface area contributed by atoms with Gasteiger partial charge < -0.3 is 15.0 Å². The van der Waals surface area contributed by atoms with E-state index in [9.17, 15) is 9.59 Å². The van der Waals surface area contributed by atoms with Crippen molar-refractivity contribution < 1.29 is 14.3 Å². The van der Waals surface area contributed by atoms with Crippen LogP contribution in [0.4, 0.5) is 0 Å². The standard InChI is InChI=1S/C23H36N2O3/c1-5-7-22(27)25-15-13-19(14-16-25)24-21(26)8-6-17-28-20-11-9-18(10-12-20)23(2,3)4/h9-12,19H,5-8,13-17H2,1-4H3,(H,24,26). The normalized spacial score (nSPS) is 15.4. The molecular weight excluding hydrogens is 352 g/mol. The SMILES string of the molecule is CCCC(=O)N1CCC(NC(=O)CCCOc2ccc(C(C)(C)C)cc2)CC1. The third-order valence-corrected chi connectivity index (χ3v) is 5.21. The maximum absolute atomic E-state index is 12.1. The number of amides is 2. The number of likely N-dealkylation sites (tertiary alicyclic amines) is 1. The van der Waals surface area contributed by atoms with Gasteiger partial charge in [-0.1, -0.05) is 39.8 Å². The molecule has 1 aromatic carbocycles. The van der Waals surface area contributed by atoms with E-state index in [-0.39, 0.29) is 23.3 Å². The molecule has 0 saturated carbocycles. The first-order valence-electron chi connectivity index (χ1n) is 10.6. The van der Waals surface area contributed by atoms with Gasteiger partial charge in [-0.3, -0.25) is 9.59 Å². The fourth-order valence-corrected chi connectivity index (χ4v) is 3.42. The van der Waals surface area contributed by atoms with Crippen LogP contribution in [0.2, 0.25) is 0 Å². The van der Waals surface area contributed by atoms with Crippen LogP contribution >= 0.6 is 0 Å². The Morgan fingerprint density at radius 1 is 1.11 bits per heavy atom. The van der Waals surface area contributed by atoms with Crippen LogP contribution in [0, 0.1) is 0 Å². The van der Waals surface area contributed by atoms with Gasteiger partial charge in [-0.15, -0.1) is 0 Å². The topological polar surface area (TPSA) is 58.6 Å². The van der Waals surface area contributed by atoms with Crippen LogP contribution < -0.4 is 10.1 Å². The highest BCUT2D eigenvalue weighted by Crippen LogP contribution is 2.24. The summed E-state index contributed by atoms with van der Waals surface area (Å²) in [6, 6.07) is 8.37. The smallest absolute Gasteiger partial charge is 0.222 e. The Kier molecular flexibility index (Phi) is 8.34. The molecule has 1 fully saturated rings. The average molecular weight is 389 g/mol. The van der Waals surface area contributed by atoms with E-state index in [4.69, 9.17) is 4.74 Å². The molecule has 28 heavy (non-hydrogen) atoms. The second-order valence-electron chi connectivity index (χ2n) is 8.70. The summed E-state index contributed by atoms with van der Waals surface area (Å²) in [7, 11) is 0. The third-order valence-electron chi connectivity index (χ3n) is 5.21. The number of benzene rings is 1. The molecular formula is C23H36N2O3. The van der Waals surface area contributed by atoms with Gasteiger partial charge in [-0.05, 0) is 48.8 Å². The number of rotatable bonds is 8. The summed E-state index contributed by atoms with van der Waals surface area (Å²) >= 11 is 0. The maximum atomic E-state index is 12.1. The molecule has 1 heterocycles. The summed E-state index contributed by atoms with van der Waals surface area (Å²) in [6.45, 7) is 10.6. The van der Waals surface area contributed by atoms with Crippen molar-refractivity contribution in [2.24, 2.45) is 0 Å². The summed E-state index contributed by atoms with van der Waals surface area (Å²) in [6.07, 6.45) is 4.36.